The molecule has 1 aromatic carbocycles. The van der Waals surface area contributed by atoms with Crippen molar-refractivity contribution in [3.8, 4) is 0 Å². The summed E-state index contributed by atoms with van der Waals surface area (Å²) in [5.41, 5.74) is 6.35. The van der Waals surface area contributed by atoms with Crippen molar-refractivity contribution in [2.75, 3.05) is 27.2 Å². The van der Waals surface area contributed by atoms with Gasteiger partial charge in [-0.1, -0.05) is 0 Å². The highest BCUT2D eigenvalue weighted by Crippen LogP contribution is 2.36. The lowest BCUT2D eigenvalue weighted by molar-refractivity contribution is 0.00578. The van der Waals surface area contributed by atoms with Gasteiger partial charge in [0.05, 0.1) is 31.8 Å². The number of halogens is 1. The molecular formula is C16H27BFN2O2+. The Labute approximate surface area is 133 Å². The molecule has 1 aliphatic rings. The monoisotopic (exact) mass is 309 g/mol. The van der Waals surface area contributed by atoms with E-state index in [1.165, 1.54) is 6.07 Å². The summed E-state index contributed by atoms with van der Waals surface area (Å²) in [6, 6.07) is 4.97. The first-order chi connectivity index (χ1) is 9.98. The van der Waals surface area contributed by atoms with E-state index >= 15 is 0 Å². The topological polar surface area (TPSA) is 44.5 Å². The Morgan fingerprint density at radius 3 is 2.14 bits per heavy atom. The second kappa shape index (κ2) is 5.60. The third-order valence-corrected chi connectivity index (χ3v) is 4.82. The van der Waals surface area contributed by atoms with E-state index in [1.54, 1.807) is 6.07 Å². The molecule has 1 fully saturated rings. The smallest absolute Gasteiger partial charge is 0.399 e. The van der Waals surface area contributed by atoms with Crippen LogP contribution in [0.1, 0.15) is 27.7 Å². The third-order valence-electron chi connectivity index (χ3n) is 4.82. The SMILES string of the molecule is CC1(C)OB(c2cc(F)cc([N+](C)(C)CCN)c2)OC1(C)C. The van der Waals surface area contributed by atoms with Crippen LogP contribution < -0.4 is 15.7 Å². The summed E-state index contributed by atoms with van der Waals surface area (Å²) in [4.78, 5) is 0. The first-order valence-corrected chi connectivity index (χ1v) is 7.68. The highest BCUT2D eigenvalue weighted by molar-refractivity contribution is 6.62. The summed E-state index contributed by atoms with van der Waals surface area (Å²) in [6.45, 7) is 9.22. The molecule has 6 heteroatoms. The van der Waals surface area contributed by atoms with Crippen molar-refractivity contribution in [1.29, 1.82) is 0 Å². The zero-order valence-corrected chi connectivity index (χ0v) is 14.4. The van der Waals surface area contributed by atoms with Crippen LogP contribution in [0.2, 0.25) is 0 Å². The van der Waals surface area contributed by atoms with E-state index in [0.29, 0.717) is 16.5 Å². The molecule has 1 heterocycles. The van der Waals surface area contributed by atoms with Crippen molar-refractivity contribution in [2.45, 2.75) is 38.9 Å². The van der Waals surface area contributed by atoms with Gasteiger partial charge in [-0.15, -0.1) is 0 Å². The molecule has 0 atom stereocenters. The standard InChI is InChI=1S/C16H27BFN2O2/c1-15(2)16(3,4)22-17(21-15)12-9-13(18)11-14(10-12)20(5,6)8-7-19/h9-11H,7-8,19H2,1-6H3/q+1. The van der Waals surface area contributed by atoms with E-state index in [1.807, 2.05) is 47.9 Å². The van der Waals surface area contributed by atoms with Gasteiger partial charge in [0.15, 0.2) is 0 Å². The maximum Gasteiger partial charge on any atom is 0.495 e. The lowest BCUT2D eigenvalue weighted by Crippen LogP contribution is -2.45. The van der Waals surface area contributed by atoms with E-state index in [2.05, 4.69) is 0 Å². The number of quaternary nitrogens is 1. The zero-order valence-electron chi connectivity index (χ0n) is 14.4. The summed E-state index contributed by atoms with van der Waals surface area (Å²) in [5.74, 6) is -0.287. The number of hydrogen-bond acceptors (Lipinski definition) is 3. The molecule has 0 amide bonds. The van der Waals surface area contributed by atoms with Crippen molar-refractivity contribution in [2.24, 2.45) is 5.73 Å². The number of likely N-dealkylation sites (N-methyl/N-ethyl adjacent to an activating group) is 1. The van der Waals surface area contributed by atoms with E-state index < -0.39 is 18.3 Å². The summed E-state index contributed by atoms with van der Waals surface area (Å²) in [7, 11) is 3.46. The summed E-state index contributed by atoms with van der Waals surface area (Å²) < 4.78 is 26.6. The van der Waals surface area contributed by atoms with Gasteiger partial charge in [0.1, 0.15) is 11.5 Å². The highest BCUT2D eigenvalue weighted by Gasteiger charge is 2.52. The van der Waals surface area contributed by atoms with E-state index in [9.17, 15) is 4.39 Å². The first-order valence-electron chi connectivity index (χ1n) is 7.68. The molecule has 22 heavy (non-hydrogen) atoms. The van der Waals surface area contributed by atoms with Crippen LogP contribution in [-0.4, -0.2) is 45.5 Å². The van der Waals surface area contributed by atoms with Crippen molar-refractivity contribution in [3.63, 3.8) is 0 Å². The van der Waals surface area contributed by atoms with Crippen LogP contribution in [0.25, 0.3) is 0 Å². The van der Waals surface area contributed by atoms with Gasteiger partial charge in [-0.3, -0.25) is 4.48 Å². The van der Waals surface area contributed by atoms with Gasteiger partial charge in [-0.05, 0) is 45.3 Å². The normalized spacial score (nSPS) is 20.5. The minimum absolute atomic E-state index is 0.287. The molecule has 0 saturated carbocycles. The Bertz CT molecular complexity index is 545. The van der Waals surface area contributed by atoms with Gasteiger partial charge in [0.2, 0.25) is 0 Å². The van der Waals surface area contributed by atoms with Crippen molar-refractivity contribution < 1.29 is 13.7 Å². The van der Waals surface area contributed by atoms with Crippen LogP contribution in [0, 0.1) is 5.82 Å². The van der Waals surface area contributed by atoms with E-state index in [4.69, 9.17) is 15.0 Å². The molecule has 2 N–H and O–H groups in total. The molecule has 2 rings (SSSR count). The van der Waals surface area contributed by atoms with Crippen LogP contribution in [0.3, 0.4) is 0 Å². The van der Waals surface area contributed by atoms with E-state index in [0.717, 1.165) is 12.2 Å². The predicted molar refractivity (Wildman–Crippen MR) is 89.7 cm³/mol. The average Bonchev–Trinajstić information content (AvgIpc) is 2.57. The fraction of sp³-hybridized carbons (Fsp3) is 0.625. The number of hydrogen-bond donors (Lipinski definition) is 1. The highest BCUT2D eigenvalue weighted by atomic mass is 19.1. The number of nitrogens with zero attached hydrogens (tertiary/aromatic N) is 1. The lowest BCUT2D eigenvalue weighted by Gasteiger charge is -2.32. The van der Waals surface area contributed by atoms with E-state index in [-0.39, 0.29) is 5.82 Å². The summed E-state index contributed by atoms with van der Waals surface area (Å²) in [6.07, 6.45) is 0. The molecule has 1 aliphatic heterocycles. The minimum Gasteiger partial charge on any atom is -0.399 e. The second-order valence-corrected chi connectivity index (χ2v) is 7.53. The fourth-order valence-electron chi connectivity index (χ4n) is 2.51. The Balaban J connectivity index is 2.36. The fourth-order valence-corrected chi connectivity index (χ4v) is 2.51. The van der Waals surface area contributed by atoms with Crippen LogP contribution in [0.5, 0.6) is 0 Å². The molecule has 0 bridgehead atoms. The molecule has 0 radical (unpaired) electrons. The molecule has 122 valence electrons. The number of rotatable bonds is 4. The van der Waals surface area contributed by atoms with Gasteiger partial charge >= 0.3 is 7.12 Å². The van der Waals surface area contributed by atoms with Crippen LogP contribution in [0.15, 0.2) is 18.2 Å². The Kier molecular flexibility index (Phi) is 4.43. The predicted octanol–water partition coefficient (Wildman–Crippen LogP) is 1.65. The molecule has 0 aromatic heterocycles. The molecule has 0 unspecified atom stereocenters. The third kappa shape index (κ3) is 3.20. The number of nitrogens with two attached hydrogens (primary N) is 1. The van der Waals surface area contributed by atoms with Crippen LogP contribution in [-0.2, 0) is 9.31 Å². The van der Waals surface area contributed by atoms with Crippen molar-refractivity contribution in [1.82, 2.24) is 4.48 Å². The number of benzene rings is 1. The van der Waals surface area contributed by atoms with Crippen LogP contribution >= 0.6 is 0 Å². The molecule has 1 saturated heterocycles. The average molecular weight is 309 g/mol. The van der Waals surface area contributed by atoms with Crippen molar-refractivity contribution >= 4 is 18.3 Å². The van der Waals surface area contributed by atoms with Gasteiger partial charge in [-0.25, -0.2) is 4.39 Å². The largest absolute Gasteiger partial charge is 0.495 e. The summed E-state index contributed by atoms with van der Waals surface area (Å²) >= 11 is 0. The van der Waals surface area contributed by atoms with Gasteiger partial charge in [0.25, 0.3) is 0 Å². The Morgan fingerprint density at radius 2 is 1.64 bits per heavy atom. The minimum atomic E-state index is -0.558. The van der Waals surface area contributed by atoms with Gasteiger partial charge < -0.3 is 15.0 Å². The Hall–Kier alpha value is -0.945. The first kappa shape index (κ1) is 17.4. The summed E-state index contributed by atoms with van der Waals surface area (Å²) in [5, 5.41) is 0. The second-order valence-electron chi connectivity index (χ2n) is 7.53. The van der Waals surface area contributed by atoms with Crippen LogP contribution in [0.4, 0.5) is 10.1 Å². The van der Waals surface area contributed by atoms with Gasteiger partial charge in [-0.2, -0.15) is 0 Å². The zero-order chi connectivity index (χ0) is 16.8. The van der Waals surface area contributed by atoms with Gasteiger partial charge in [0, 0.05) is 12.6 Å². The maximum atomic E-state index is 14.1. The molecule has 1 aromatic rings. The Morgan fingerprint density at radius 1 is 1.09 bits per heavy atom. The quantitative estimate of drug-likeness (QED) is 0.679. The van der Waals surface area contributed by atoms with Crippen molar-refractivity contribution in [3.05, 3.63) is 24.0 Å². The molecule has 0 spiro atoms. The maximum absolute atomic E-state index is 14.1. The molecule has 4 nitrogen and oxygen atoms in total. The molecule has 0 aliphatic carbocycles. The lowest BCUT2D eigenvalue weighted by atomic mass is 9.78. The molecular weight excluding hydrogens is 282 g/mol.